The van der Waals surface area contributed by atoms with Gasteiger partial charge in [-0.25, -0.2) is 9.67 Å². The van der Waals surface area contributed by atoms with E-state index in [2.05, 4.69) is 23.9 Å². The van der Waals surface area contributed by atoms with Gasteiger partial charge < -0.3 is 10.6 Å². The van der Waals surface area contributed by atoms with Crippen LogP contribution in [0.5, 0.6) is 0 Å². The van der Waals surface area contributed by atoms with Gasteiger partial charge in [0.2, 0.25) is 0 Å². The SMILES string of the molecule is CC(C)Cn1ncnc1CN(C)c1ccccc1C(=N)N. The van der Waals surface area contributed by atoms with E-state index in [1.807, 2.05) is 40.9 Å². The Morgan fingerprint density at radius 2 is 2.10 bits per heavy atom. The van der Waals surface area contributed by atoms with Crippen molar-refractivity contribution in [2.75, 3.05) is 11.9 Å². The second-order valence-corrected chi connectivity index (χ2v) is 5.54. The number of rotatable bonds is 6. The van der Waals surface area contributed by atoms with Crippen molar-refractivity contribution in [1.29, 1.82) is 5.41 Å². The zero-order valence-electron chi connectivity index (χ0n) is 12.7. The molecule has 3 N–H and O–H groups in total. The molecule has 0 aliphatic rings. The van der Waals surface area contributed by atoms with E-state index in [4.69, 9.17) is 11.1 Å². The van der Waals surface area contributed by atoms with Crippen LogP contribution in [0.2, 0.25) is 0 Å². The topological polar surface area (TPSA) is 83.8 Å². The largest absolute Gasteiger partial charge is 0.384 e. The molecule has 112 valence electrons. The predicted molar refractivity (Wildman–Crippen MR) is 84.4 cm³/mol. The van der Waals surface area contributed by atoms with Crippen molar-refractivity contribution in [1.82, 2.24) is 14.8 Å². The van der Waals surface area contributed by atoms with Crippen molar-refractivity contribution in [2.45, 2.75) is 26.9 Å². The standard InChI is InChI=1S/C15H22N6/c1-11(2)8-21-14(18-10-19-21)9-20(3)13-7-5-4-6-12(13)15(16)17/h4-7,10-11H,8-9H2,1-3H3,(H3,16,17). The summed E-state index contributed by atoms with van der Waals surface area (Å²) < 4.78 is 1.93. The minimum atomic E-state index is 0.0705. The van der Waals surface area contributed by atoms with Gasteiger partial charge in [-0.1, -0.05) is 26.0 Å². The van der Waals surface area contributed by atoms with Crippen LogP contribution in [0.25, 0.3) is 0 Å². The van der Waals surface area contributed by atoms with Crippen molar-refractivity contribution in [3.8, 4) is 0 Å². The molecule has 2 rings (SSSR count). The van der Waals surface area contributed by atoms with E-state index in [-0.39, 0.29) is 5.84 Å². The molecule has 0 amide bonds. The number of amidine groups is 1. The molecule has 0 atom stereocenters. The Morgan fingerprint density at radius 3 is 2.76 bits per heavy atom. The monoisotopic (exact) mass is 286 g/mol. The molecule has 0 fully saturated rings. The molecule has 6 nitrogen and oxygen atoms in total. The fourth-order valence-corrected chi connectivity index (χ4v) is 2.24. The Hall–Kier alpha value is -2.37. The third-order valence-electron chi connectivity index (χ3n) is 3.22. The van der Waals surface area contributed by atoms with Gasteiger partial charge >= 0.3 is 0 Å². The van der Waals surface area contributed by atoms with Crippen molar-refractivity contribution >= 4 is 11.5 Å². The van der Waals surface area contributed by atoms with Crippen LogP contribution in [0.3, 0.4) is 0 Å². The molecule has 0 radical (unpaired) electrons. The third kappa shape index (κ3) is 3.59. The fraction of sp³-hybridized carbons (Fsp3) is 0.400. The van der Waals surface area contributed by atoms with Gasteiger partial charge in [-0.2, -0.15) is 5.10 Å². The molecule has 0 aliphatic heterocycles. The van der Waals surface area contributed by atoms with Crippen LogP contribution < -0.4 is 10.6 Å². The number of hydrogen-bond acceptors (Lipinski definition) is 4. The van der Waals surface area contributed by atoms with Gasteiger partial charge in [0.15, 0.2) is 0 Å². The zero-order chi connectivity index (χ0) is 15.4. The second kappa shape index (κ2) is 6.39. The van der Waals surface area contributed by atoms with Crippen molar-refractivity contribution in [3.05, 3.63) is 42.0 Å². The van der Waals surface area contributed by atoms with Gasteiger partial charge in [-0.05, 0) is 18.1 Å². The Kier molecular flexibility index (Phi) is 4.57. The Bertz CT molecular complexity index is 616. The lowest BCUT2D eigenvalue weighted by atomic mass is 10.1. The zero-order valence-corrected chi connectivity index (χ0v) is 12.7. The number of nitrogens with one attached hydrogen (secondary N) is 1. The highest BCUT2D eigenvalue weighted by atomic mass is 15.3. The number of aromatic nitrogens is 3. The maximum atomic E-state index is 7.67. The quantitative estimate of drug-likeness (QED) is 0.627. The van der Waals surface area contributed by atoms with Crippen LogP contribution in [0.1, 0.15) is 25.2 Å². The molecule has 0 aliphatic carbocycles. The summed E-state index contributed by atoms with van der Waals surface area (Å²) in [6.07, 6.45) is 1.59. The molecule has 6 heteroatoms. The summed E-state index contributed by atoms with van der Waals surface area (Å²) in [6, 6.07) is 7.64. The van der Waals surface area contributed by atoms with Gasteiger partial charge in [0.1, 0.15) is 18.0 Å². The highest BCUT2D eigenvalue weighted by molar-refractivity contribution is 6.00. The Morgan fingerprint density at radius 1 is 1.38 bits per heavy atom. The number of nitrogens with two attached hydrogens (primary N) is 1. The number of hydrogen-bond donors (Lipinski definition) is 2. The van der Waals surface area contributed by atoms with Gasteiger partial charge in [0, 0.05) is 24.8 Å². The number of para-hydroxylation sites is 1. The summed E-state index contributed by atoms with van der Waals surface area (Å²) in [7, 11) is 1.97. The van der Waals surface area contributed by atoms with E-state index < -0.39 is 0 Å². The van der Waals surface area contributed by atoms with E-state index >= 15 is 0 Å². The van der Waals surface area contributed by atoms with Gasteiger partial charge in [-0.15, -0.1) is 0 Å². The second-order valence-electron chi connectivity index (χ2n) is 5.54. The van der Waals surface area contributed by atoms with Crippen LogP contribution in [0.15, 0.2) is 30.6 Å². The summed E-state index contributed by atoms with van der Waals surface area (Å²) in [5, 5.41) is 11.9. The van der Waals surface area contributed by atoms with Crippen molar-refractivity contribution in [2.24, 2.45) is 11.7 Å². The molecular weight excluding hydrogens is 264 g/mol. The minimum Gasteiger partial charge on any atom is -0.384 e. The average Bonchev–Trinajstić information content (AvgIpc) is 2.85. The molecule has 1 aromatic carbocycles. The average molecular weight is 286 g/mol. The molecule has 0 bridgehead atoms. The summed E-state index contributed by atoms with van der Waals surface area (Å²) in [6.45, 7) is 5.77. The number of nitrogens with zero attached hydrogens (tertiary/aromatic N) is 4. The summed E-state index contributed by atoms with van der Waals surface area (Å²) in [5.41, 5.74) is 7.30. The van der Waals surface area contributed by atoms with Crippen LogP contribution in [0.4, 0.5) is 5.69 Å². The summed E-state index contributed by atoms with van der Waals surface area (Å²) in [5.74, 6) is 1.49. The number of anilines is 1. The smallest absolute Gasteiger partial charge is 0.146 e. The van der Waals surface area contributed by atoms with Gasteiger partial charge in [0.05, 0.1) is 6.54 Å². The lowest BCUT2D eigenvalue weighted by Gasteiger charge is -2.22. The van der Waals surface area contributed by atoms with Crippen LogP contribution in [-0.2, 0) is 13.1 Å². The fourth-order valence-electron chi connectivity index (χ4n) is 2.24. The predicted octanol–water partition coefficient (Wildman–Crippen LogP) is 1.85. The number of benzene rings is 1. The third-order valence-corrected chi connectivity index (χ3v) is 3.22. The molecule has 1 aromatic heterocycles. The highest BCUT2D eigenvalue weighted by Gasteiger charge is 2.13. The van der Waals surface area contributed by atoms with E-state index in [0.29, 0.717) is 12.5 Å². The minimum absolute atomic E-state index is 0.0705. The van der Waals surface area contributed by atoms with Crippen LogP contribution in [-0.4, -0.2) is 27.6 Å². The maximum Gasteiger partial charge on any atom is 0.146 e. The number of nitrogen functional groups attached to an aromatic ring is 1. The maximum absolute atomic E-state index is 7.67. The van der Waals surface area contributed by atoms with E-state index in [0.717, 1.165) is 23.6 Å². The van der Waals surface area contributed by atoms with E-state index in [9.17, 15) is 0 Å². The van der Waals surface area contributed by atoms with Crippen LogP contribution in [0, 0.1) is 11.3 Å². The normalized spacial score (nSPS) is 10.9. The molecule has 1 heterocycles. The van der Waals surface area contributed by atoms with Gasteiger partial charge in [0.25, 0.3) is 0 Å². The van der Waals surface area contributed by atoms with Crippen molar-refractivity contribution < 1.29 is 0 Å². The highest BCUT2D eigenvalue weighted by Crippen LogP contribution is 2.20. The molecule has 21 heavy (non-hydrogen) atoms. The first-order valence-corrected chi connectivity index (χ1v) is 7.00. The summed E-state index contributed by atoms with van der Waals surface area (Å²) >= 11 is 0. The van der Waals surface area contributed by atoms with Gasteiger partial charge in [-0.3, -0.25) is 5.41 Å². The molecule has 0 saturated heterocycles. The lowest BCUT2D eigenvalue weighted by Crippen LogP contribution is -2.24. The van der Waals surface area contributed by atoms with Crippen LogP contribution >= 0.6 is 0 Å². The first kappa shape index (κ1) is 15.0. The molecule has 0 unspecified atom stereocenters. The molecule has 2 aromatic rings. The molecule has 0 saturated carbocycles. The van der Waals surface area contributed by atoms with E-state index in [1.165, 1.54) is 0 Å². The molecular formula is C15H22N6. The first-order chi connectivity index (χ1) is 9.99. The lowest BCUT2D eigenvalue weighted by molar-refractivity contribution is 0.465. The Labute approximate surface area is 125 Å². The van der Waals surface area contributed by atoms with E-state index in [1.54, 1.807) is 6.33 Å². The molecule has 0 spiro atoms. The Balaban J connectivity index is 2.21. The van der Waals surface area contributed by atoms with Crippen molar-refractivity contribution in [3.63, 3.8) is 0 Å². The first-order valence-electron chi connectivity index (χ1n) is 7.00. The summed E-state index contributed by atoms with van der Waals surface area (Å²) in [4.78, 5) is 6.37.